The van der Waals surface area contributed by atoms with Crippen LogP contribution in [0.2, 0.25) is 0 Å². The summed E-state index contributed by atoms with van der Waals surface area (Å²) >= 11 is 0. The SMILES string of the molecule is CCNc1cnn(Cc2ccc(F)c(F)c2)c(=O)c1. The van der Waals surface area contributed by atoms with Crippen LogP contribution in [-0.4, -0.2) is 16.3 Å². The van der Waals surface area contributed by atoms with Gasteiger partial charge in [-0.05, 0) is 24.6 Å². The zero-order valence-corrected chi connectivity index (χ0v) is 10.4. The van der Waals surface area contributed by atoms with E-state index >= 15 is 0 Å². The summed E-state index contributed by atoms with van der Waals surface area (Å²) in [6, 6.07) is 4.92. The molecule has 0 saturated carbocycles. The van der Waals surface area contributed by atoms with Crippen LogP contribution in [0.3, 0.4) is 0 Å². The maximum absolute atomic E-state index is 13.1. The first-order valence-corrected chi connectivity index (χ1v) is 5.85. The summed E-state index contributed by atoms with van der Waals surface area (Å²) in [5, 5.41) is 6.94. The Bertz CT molecular complexity index is 640. The molecule has 0 aliphatic rings. The monoisotopic (exact) mass is 265 g/mol. The van der Waals surface area contributed by atoms with Crippen molar-refractivity contribution in [2.75, 3.05) is 11.9 Å². The standard InChI is InChI=1S/C13H13F2N3O/c1-2-16-10-6-13(19)18(17-7-10)8-9-3-4-11(14)12(15)5-9/h3-7,16H,2,8H2,1H3. The fourth-order valence-electron chi connectivity index (χ4n) is 1.66. The van der Waals surface area contributed by atoms with E-state index in [4.69, 9.17) is 0 Å². The number of hydrogen-bond acceptors (Lipinski definition) is 3. The van der Waals surface area contributed by atoms with Crippen molar-refractivity contribution < 1.29 is 8.78 Å². The third-order valence-electron chi connectivity index (χ3n) is 2.57. The zero-order valence-electron chi connectivity index (χ0n) is 10.4. The largest absolute Gasteiger partial charge is 0.384 e. The van der Waals surface area contributed by atoms with Crippen molar-refractivity contribution in [3.05, 3.63) is 58.0 Å². The van der Waals surface area contributed by atoms with E-state index < -0.39 is 11.6 Å². The molecule has 1 heterocycles. The van der Waals surface area contributed by atoms with Gasteiger partial charge in [0.05, 0.1) is 18.4 Å². The number of nitrogens with zero attached hydrogens (tertiary/aromatic N) is 2. The lowest BCUT2D eigenvalue weighted by atomic mass is 10.2. The number of nitrogens with one attached hydrogen (secondary N) is 1. The first-order chi connectivity index (χ1) is 9.10. The predicted molar refractivity (Wildman–Crippen MR) is 68.1 cm³/mol. The topological polar surface area (TPSA) is 46.9 Å². The molecule has 0 fully saturated rings. The maximum Gasteiger partial charge on any atom is 0.269 e. The van der Waals surface area contributed by atoms with Crippen molar-refractivity contribution in [3.63, 3.8) is 0 Å². The number of benzene rings is 1. The number of rotatable bonds is 4. The van der Waals surface area contributed by atoms with Gasteiger partial charge < -0.3 is 5.32 Å². The zero-order chi connectivity index (χ0) is 13.8. The van der Waals surface area contributed by atoms with Crippen LogP contribution in [0, 0.1) is 11.6 Å². The van der Waals surface area contributed by atoms with Crippen LogP contribution in [0.25, 0.3) is 0 Å². The second-order valence-corrected chi connectivity index (χ2v) is 4.02. The number of anilines is 1. The van der Waals surface area contributed by atoms with Crippen LogP contribution in [0.5, 0.6) is 0 Å². The molecule has 19 heavy (non-hydrogen) atoms. The first-order valence-electron chi connectivity index (χ1n) is 5.85. The highest BCUT2D eigenvalue weighted by Crippen LogP contribution is 2.09. The molecule has 0 bridgehead atoms. The van der Waals surface area contributed by atoms with Gasteiger partial charge in [0.25, 0.3) is 5.56 Å². The molecule has 1 aromatic carbocycles. The van der Waals surface area contributed by atoms with Gasteiger partial charge in [0.2, 0.25) is 0 Å². The van der Waals surface area contributed by atoms with Gasteiger partial charge in [-0.3, -0.25) is 4.79 Å². The van der Waals surface area contributed by atoms with E-state index in [1.54, 1.807) is 0 Å². The normalized spacial score (nSPS) is 10.5. The van der Waals surface area contributed by atoms with Gasteiger partial charge in [-0.25, -0.2) is 13.5 Å². The molecule has 100 valence electrons. The third-order valence-corrected chi connectivity index (χ3v) is 2.57. The summed E-state index contributed by atoms with van der Waals surface area (Å²) in [4.78, 5) is 11.8. The predicted octanol–water partition coefficient (Wildman–Crippen LogP) is 2.00. The Morgan fingerprint density at radius 2 is 2.05 bits per heavy atom. The Hall–Kier alpha value is -2.24. The average molecular weight is 265 g/mol. The molecule has 4 nitrogen and oxygen atoms in total. The van der Waals surface area contributed by atoms with E-state index in [-0.39, 0.29) is 12.1 Å². The van der Waals surface area contributed by atoms with Crippen molar-refractivity contribution in [3.8, 4) is 0 Å². The lowest BCUT2D eigenvalue weighted by Gasteiger charge is -2.07. The highest BCUT2D eigenvalue weighted by Gasteiger charge is 2.05. The van der Waals surface area contributed by atoms with Gasteiger partial charge >= 0.3 is 0 Å². The van der Waals surface area contributed by atoms with Crippen LogP contribution in [0.4, 0.5) is 14.5 Å². The summed E-state index contributed by atoms with van der Waals surface area (Å²) in [7, 11) is 0. The van der Waals surface area contributed by atoms with E-state index in [9.17, 15) is 13.6 Å². The molecule has 2 aromatic rings. The molecule has 0 radical (unpaired) electrons. The van der Waals surface area contributed by atoms with Gasteiger partial charge in [-0.1, -0.05) is 6.07 Å². The molecular formula is C13H13F2N3O. The molecular weight excluding hydrogens is 252 g/mol. The van der Waals surface area contributed by atoms with Crippen LogP contribution in [-0.2, 0) is 6.54 Å². The molecule has 0 aliphatic heterocycles. The third kappa shape index (κ3) is 3.15. The van der Waals surface area contributed by atoms with Crippen LogP contribution < -0.4 is 10.9 Å². The fraction of sp³-hybridized carbons (Fsp3) is 0.231. The summed E-state index contributed by atoms with van der Waals surface area (Å²) < 4.78 is 27.0. The summed E-state index contributed by atoms with van der Waals surface area (Å²) in [6.07, 6.45) is 1.52. The number of hydrogen-bond donors (Lipinski definition) is 1. The van der Waals surface area contributed by atoms with Crippen LogP contribution in [0.1, 0.15) is 12.5 Å². The van der Waals surface area contributed by atoms with E-state index in [0.717, 1.165) is 12.1 Å². The number of halogens is 2. The molecule has 0 unspecified atom stereocenters. The molecule has 1 N–H and O–H groups in total. The molecule has 0 amide bonds. The lowest BCUT2D eigenvalue weighted by Crippen LogP contribution is -2.23. The minimum atomic E-state index is -0.935. The van der Waals surface area contributed by atoms with Gasteiger partial charge in [0.15, 0.2) is 11.6 Å². The van der Waals surface area contributed by atoms with E-state index in [1.807, 2.05) is 6.92 Å². The summed E-state index contributed by atoms with van der Waals surface area (Å²) in [5.74, 6) is -1.85. The smallest absolute Gasteiger partial charge is 0.269 e. The molecule has 1 aromatic heterocycles. The van der Waals surface area contributed by atoms with Crippen LogP contribution in [0.15, 0.2) is 35.3 Å². The Labute approximate surface area is 108 Å². The first kappa shape index (κ1) is 13.2. The Kier molecular flexibility index (Phi) is 3.89. The van der Waals surface area contributed by atoms with E-state index in [1.165, 1.54) is 23.0 Å². The minimum Gasteiger partial charge on any atom is -0.384 e. The number of aromatic nitrogens is 2. The Morgan fingerprint density at radius 1 is 1.26 bits per heavy atom. The van der Waals surface area contributed by atoms with Gasteiger partial charge in [0.1, 0.15) is 0 Å². The summed E-state index contributed by atoms with van der Waals surface area (Å²) in [6.45, 7) is 2.70. The highest BCUT2D eigenvalue weighted by atomic mass is 19.2. The molecule has 0 spiro atoms. The quantitative estimate of drug-likeness (QED) is 0.919. The van der Waals surface area contributed by atoms with Crippen molar-refractivity contribution in [1.82, 2.24) is 9.78 Å². The average Bonchev–Trinajstić information content (AvgIpc) is 2.37. The molecule has 6 heteroatoms. The van der Waals surface area contributed by atoms with Gasteiger partial charge in [-0.2, -0.15) is 5.10 Å². The molecule has 0 atom stereocenters. The van der Waals surface area contributed by atoms with E-state index in [0.29, 0.717) is 17.8 Å². The Balaban J connectivity index is 2.23. The lowest BCUT2D eigenvalue weighted by molar-refractivity contribution is 0.505. The second kappa shape index (κ2) is 5.60. The molecule has 0 saturated heterocycles. The van der Waals surface area contributed by atoms with Crippen LogP contribution >= 0.6 is 0 Å². The minimum absolute atomic E-state index is 0.0996. The Morgan fingerprint density at radius 3 is 2.68 bits per heavy atom. The summed E-state index contributed by atoms with van der Waals surface area (Å²) in [5.41, 5.74) is 0.807. The molecule has 0 aliphatic carbocycles. The van der Waals surface area contributed by atoms with Crippen molar-refractivity contribution >= 4 is 5.69 Å². The maximum atomic E-state index is 13.1. The second-order valence-electron chi connectivity index (χ2n) is 4.02. The van der Waals surface area contributed by atoms with Crippen molar-refractivity contribution in [1.29, 1.82) is 0 Å². The van der Waals surface area contributed by atoms with Gasteiger partial charge in [0, 0.05) is 12.6 Å². The fourth-order valence-corrected chi connectivity index (χ4v) is 1.66. The van der Waals surface area contributed by atoms with Crippen molar-refractivity contribution in [2.24, 2.45) is 0 Å². The van der Waals surface area contributed by atoms with Crippen molar-refractivity contribution in [2.45, 2.75) is 13.5 Å². The van der Waals surface area contributed by atoms with Gasteiger partial charge in [-0.15, -0.1) is 0 Å². The molecule has 2 rings (SSSR count). The van der Waals surface area contributed by atoms with E-state index in [2.05, 4.69) is 10.4 Å². The highest BCUT2D eigenvalue weighted by molar-refractivity contribution is 5.38.